The van der Waals surface area contributed by atoms with Gasteiger partial charge in [0.15, 0.2) is 0 Å². The van der Waals surface area contributed by atoms with Gasteiger partial charge in [-0.3, -0.25) is 0 Å². The van der Waals surface area contributed by atoms with Crippen molar-refractivity contribution < 1.29 is 11.0 Å². The number of fused-ring (bicyclic) bond motifs is 9. The number of hydrogen-bond donors (Lipinski definition) is 0. The van der Waals surface area contributed by atoms with E-state index in [2.05, 4.69) is 60.7 Å². The Kier molecular flexibility index (Phi) is 4.35. The molecule has 9 aromatic carbocycles. The molecular weight excluding hydrogens is 585 g/mol. The number of rotatable bonds is 3. The van der Waals surface area contributed by atoms with Gasteiger partial charge in [-0.05, 0) is 88.6 Å². The molecule has 0 saturated carbocycles. The molecule has 0 radical (unpaired) electrons. The van der Waals surface area contributed by atoms with E-state index in [0.717, 1.165) is 21.9 Å². The summed E-state index contributed by atoms with van der Waals surface area (Å²) in [6.45, 7) is 0. The van der Waals surface area contributed by atoms with E-state index in [-0.39, 0.29) is 45.7 Å². The van der Waals surface area contributed by atoms with Crippen molar-refractivity contribution in [3.05, 3.63) is 170 Å². The summed E-state index contributed by atoms with van der Waals surface area (Å²) in [7, 11) is 0. The van der Waals surface area contributed by atoms with Crippen LogP contribution in [-0.4, -0.2) is 0 Å². The predicted octanol–water partition coefficient (Wildman–Crippen LogP) is 13.7. The molecule has 1 heterocycles. The third kappa shape index (κ3) is 4.00. The van der Waals surface area contributed by atoms with E-state index in [1.54, 1.807) is 35.6 Å². The summed E-state index contributed by atoms with van der Waals surface area (Å²) in [4.78, 5) is 0. The number of hydrogen-bond acceptors (Lipinski definition) is 1. The molecule has 0 unspecified atom stereocenters. The third-order valence-electron chi connectivity index (χ3n) is 9.29. The standard InChI is InChI=1S/C46H28S/c1-2-13-31(14-3-1)43-36-18-8-10-20-38(36)44(39-21-11-9-19-37(39)43)32-24-22-30(23-25-32)40-28-42-46(35-17-7-6-16-34(35)40)45-33-15-5-4-12-29(33)26-27-41(45)47-42/h1-28H/i8D,9D,10D,11D,18D,19D,20D,21D. The summed E-state index contributed by atoms with van der Waals surface area (Å²) in [6, 6.07) is 37.6. The van der Waals surface area contributed by atoms with Crippen LogP contribution in [0, 0.1) is 0 Å². The molecule has 0 aliphatic heterocycles. The van der Waals surface area contributed by atoms with E-state index in [0.29, 0.717) is 22.3 Å². The second-order valence-electron chi connectivity index (χ2n) is 11.8. The third-order valence-corrected chi connectivity index (χ3v) is 10.4. The molecule has 0 saturated heterocycles. The van der Waals surface area contributed by atoms with Crippen molar-refractivity contribution in [2.45, 2.75) is 0 Å². The predicted molar refractivity (Wildman–Crippen MR) is 206 cm³/mol. The van der Waals surface area contributed by atoms with Crippen LogP contribution in [0.2, 0.25) is 0 Å². The van der Waals surface area contributed by atoms with Gasteiger partial charge in [0.2, 0.25) is 0 Å². The lowest BCUT2D eigenvalue weighted by Gasteiger charge is -2.18. The molecule has 10 aromatic rings. The zero-order chi connectivity index (χ0) is 37.9. The highest BCUT2D eigenvalue weighted by molar-refractivity contribution is 7.26. The quantitative estimate of drug-likeness (QED) is 0.172. The SMILES string of the molecule is [2H]c1c([2H])c([2H])c2c(-c3ccc(-c4cc5sc6ccc7ccccc7c6c5c5ccccc45)cc3)c3c([2H])c([2H])c([2H])c([2H])c3c(-c3ccccc3)c2c1[2H]. The highest BCUT2D eigenvalue weighted by atomic mass is 32.1. The van der Waals surface area contributed by atoms with Gasteiger partial charge in [-0.25, -0.2) is 0 Å². The minimum atomic E-state index is -0.412. The highest BCUT2D eigenvalue weighted by Crippen LogP contribution is 2.47. The van der Waals surface area contributed by atoms with E-state index < -0.39 is 24.2 Å². The molecule has 0 bridgehead atoms. The molecule has 0 amide bonds. The zero-order valence-corrected chi connectivity index (χ0v) is 25.8. The molecule has 10 rings (SSSR count). The number of thiophene rings is 1. The second-order valence-corrected chi connectivity index (χ2v) is 12.9. The van der Waals surface area contributed by atoms with Crippen LogP contribution in [0.4, 0.5) is 0 Å². The Bertz CT molecular complexity index is 3200. The van der Waals surface area contributed by atoms with Crippen LogP contribution >= 0.6 is 11.3 Å². The van der Waals surface area contributed by atoms with Crippen molar-refractivity contribution in [2.75, 3.05) is 0 Å². The average molecular weight is 621 g/mol. The van der Waals surface area contributed by atoms with Gasteiger partial charge in [-0.2, -0.15) is 0 Å². The molecule has 47 heavy (non-hydrogen) atoms. The van der Waals surface area contributed by atoms with Gasteiger partial charge >= 0.3 is 0 Å². The maximum absolute atomic E-state index is 9.23. The van der Waals surface area contributed by atoms with Gasteiger partial charge in [0.25, 0.3) is 0 Å². The zero-order valence-electron chi connectivity index (χ0n) is 33.0. The molecule has 0 spiro atoms. The van der Waals surface area contributed by atoms with Gasteiger partial charge < -0.3 is 0 Å². The molecule has 218 valence electrons. The largest absolute Gasteiger partial charge is 0.135 e. The monoisotopic (exact) mass is 620 g/mol. The molecule has 0 aliphatic rings. The normalized spacial score (nSPS) is 14.2. The fraction of sp³-hybridized carbons (Fsp3) is 0. The van der Waals surface area contributed by atoms with Crippen LogP contribution in [0.5, 0.6) is 0 Å². The molecule has 0 fully saturated rings. The van der Waals surface area contributed by atoms with Gasteiger partial charge in [0, 0.05) is 20.2 Å². The molecule has 0 atom stereocenters. The topological polar surface area (TPSA) is 0 Å². The number of benzene rings is 9. The molecular formula is C46H28S. The summed E-state index contributed by atoms with van der Waals surface area (Å²) in [5, 5.41) is 8.00. The fourth-order valence-corrected chi connectivity index (χ4v) is 8.44. The van der Waals surface area contributed by atoms with Gasteiger partial charge in [-0.1, -0.05) is 158 Å². The average Bonchev–Trinajstić information content (AvgIpc) is 3.62. The van der Waals surface area contributed by atoms with Crippen LogP contribution in [0.15, 0.2) is 170 Å². The molecule has 1 heteroatoms. The van der Waals surface area contributed by atoms with E-state index in [9.17, 15) is 2.74 Å². The maximum Gasteiger partial charge on any atom is 0.0629 e. The van der Waals surface area contributed by atoms with Gasteiger partial charge in [0.05, 0.1) is 11.0 Å². The lowest BCUT2D eigenvalue weighted by molar-refractivity contribution is 1.64. The minimum Gasteiger partial charge on any atom is -0.135 e. The molecule has 0 nitrogen and oxygen atoms in total. The highest BCUT2D eigenvalue weighted by Gasteiger charge is 2.18. The van der Waals surface area contributed by atoms with Crippen LogP contribution in [0.3, 0.4) is 0 Å². The van der Waals surface area contributed by atoms with Crippen LogP contribution in [0.1, 0.15) is 11.0 Å². The molecule has 0 aliphatic carbocycles. The second kappa shape index (κ2) is 10.4. The lowest BCUT2D eigenvalue weighted by atomic mass is 9.85. The Hall–Kier alpha value is -5.76. The van der Waals surface area contributed by atoms with Crippen molar-refractivity contribution in [3.8, 4) is 33.4 Å². The first-order chi connectivity index (χ1) is 26.7. The van der Waals surface area contributed by atoms with E-state index in [1.165, 1.54) is 30.9 Å². The first kappa shape index (κ1) is 19.7. The smallest absolute Gasteiger partial charge is 0.0629 e. The van der Waals surface area contributed by atoms with Gasteiger partial charge in [-0.15, -0.1) is 11.3 Å². The Morgan fingerprint density at radius 1 is 0.383 bits per heavy atom. The maximum atomic E-state index is 9.23. The fourth-order valence-electron chi connectivity index (χ4n) is 7.26. The van der Waals surface area contributed by atoms with E-state index in [4.69, 9.17) is 8.22 Å². The minimum absolute atomic E-state index is 0.208. The first-order valence-corrected chi connectivity index (χ1v) is 16.3. The summed E-state index contributed by atoms with van der Waals surface area (Å²) >= 11 is 1.77. The van der Waals surface area contributed by atoms with Crippen molar-refractivity contribution in [2.24, 2.45) is 0 Å². The molecule has 0 N–H and O–H groups in total. The molecule has 1 aromatic heterocycles. The van der Waals surface area contributed by atoms with E-state index in [1.807, 2.05) is 36.4 Å². The Balaban J connectivity index is 1.28. The van der Waals surface area contributed by atoms with Crippen molar-refractivity contribution >= 4 is 74.6 Å². The summed E-state index contributed by atoms with van der Waals surface area (Å²) in [5.74, 6) is 0. The first-order valence-electron chi connectivity index (χ1n) is 19.5. The summed E-state index contributed by atoms with van der Waals surface area (Å²) in [6.07, 6.45) is 0. The van der Waals surface area contributed by atoms with Gasteiger partial charge in [0.1, 0.15) is 0 Å². The Morgan fingerprint density at radius 2 is 0.894 bits per heavy atom. The Morgan fingerprint density at radius 3 is 1.55 bits per heavy atom. The Labute approximate surface area is 288 Å². The van der Waals surface area contributed by atoms with Crippen molar-refractivity contribution in [3.63, 3.8) is 0 Å². The summed E-state index contributed by atoms with van der Waals surface area (Å²) in [5.41, 5.74) is 3.84. The summed E-state index contributed by atoms with van der Waals surface area (Å²) < 4.78 is 73.9. The van der Waals surface area contributed by atoms with Crippen molar-refractivity contribution in [1.29, 1.82) is 0 Å². The van der Waals surface area contributed by atoms with Crippen molar-refractivity contribution in [1.82, 2.24) is 0 Å². The van der Waals surface area contributed by atoms with Crippen LogP contribution in [0.25, 0.3) is 96.6 Å². The lowest BCUT2D eigenvalue weighted by Crippen LogP contribution is -1.91. The van der Waals surface area contributed by atoms with Crippen LogP contribution < -0.4 is 0 Å². The van der Waals surface area contributed by atoms with Crippen LogP contribution in [-0.2, 0) is 0 Å². The van der Waals surface area contributed by atoms with E-state index >= 15 is 0 Å².